The van der Waals surface area contributed by atoms with Crippen LogP contribution in [0.25, 0.3) is 0 Å². The first kappa shape index (κ1) is 12.5. The van der Waals surface area contributed by atoms with Crippen LogP contribution in [0.4, 0.5) is 5.69 Å². The van der Waals surface area contributed by atoms with Crippen molar-refractivity contribution < 1.29 is 9.53 Å². The molecular weight excluding hydrogens is 206 g/mol. The minimum Gasteiger partial charge on any atom is -0.383 e. The molecule has 1 amide bonds. The molecule has 1 rings (SSSR count). The highest BCUT2D eigenvalue weighted by Gasteiger charge is 2.06. The fourth-order valence-electron chi connectivity index (χ4n) is 1.34. The number of hydrogen-bond acceptors (Lipinski definition) is 4. The number of amides is 1. The van der Waals surface area contributed by atoms with E-state index in [2.05, 4.69) is 10.7 Å². The lowest BCUT2D eigenvalue weighted by atomic mass is 10.1. The molecule has 0 spiro atoms. The number of benzene rings is 1. The molecule has 0 saturated carbocycles. The van der Waals surface area contributed by atoms with Crippen molar-refractivity contribution in [3.8, 4) is 0 Å². The van der Waals surface area contributed by atoms with Crippen LogP contribution in [0, 0.1) is 6.92 Å². The Morgan fingerprint density at radius 3 is 2.81 bits per heavy atom. The highest BCUT2D eigenvalue weighted by Crippen LogP contribution is 2.14. The summed E-state index contributed by atoms with van der Waals surface area (Å²) in [5.41, 5.74) is 4.93. The lowest BCUT2D eigenvalue weighted by Gasteiger charge is -2.08. The first-order valence-corrected chi connectivity index (χ1v) is 5.03. The molecule has 0 atom stereocenters. The maximum atomic E-state index is 11.7. The van der Waals surface area contributed by atoms with E-state index in [0.717, 1.165) is 11.3 Å². The molecule has 0 radical (unpaired) electrons. The molecule has 5 nitrogen and oxygen atoms in total. The van der Waals surface area contributed by atoms with Gasteiger partial charge in [0.15, 0.2) is 0 Å². The molecule has 88 valence electrons. The van der Waals surface area contributed by atoms with Gasteiger partial charge in [-0.25, -0.2) is 0 Å². The predicted octanol–water partition coefficient (Wildman–Crippen LogP) is 0.657. The van der Waals surface area contributed by atoms with Crippen molar-refractivity contribution in [3.05, 3.63) is 29.3 Å². The zero-order valence-corrected chi connectivity index (χ0v) is 9.54. The van der Waals surface area contributed by atoms with Crippen LogP contribution in [-0.2, 0) is 4.74 Å². The number of methoxy groups -OCH3 is 1. The summed E-state index contributed by atoms with van der Waals surface area (Å²) < 4.78 is 4.85. The number of nitrogens with two attached hydrogens (primary N) is 1. The summed E-state index contributed by atoms with van der Waals surface area (Å²) in [6.45, 7) is 2.90. The number of rotatable bonds is 5. The van der Waals surface area contributed by atoms with Gasteiger partial charge in [-0.15, -0.1) is 0 Å². The number of nitrogens with one attached hydrogen (secondary N) is 2. The maximum Gasteiger partial charge on any atom is 0.251 e. The first-order valence-electron chi connectivity index (χ1n) is 5.03. The third-order valence-corrected chi connectivity index (χ3v) is 2.24. The Morgan fingerprint density at radius 1 is 1.50 bits per heavy atom. The number of hydrogen-bond donors (Lipinski definition) is 3. The van der Waals surface area contributed by atoms with Gasteiger partial charge in [0.1, 0.15) is 0 Å². The summed E-state index contributed by atoms with van der Waals surface area (Å²) in [6, 6.07) is 5.29. The minimum atomic E-state index is -0.108. The molecule has 16 heavy (non-hydrogen) atoms. The Kier molecular flexibility index (Phi) is 4.75. The zero-order valence-electron chi connectivity index (χ0n) is 9.54. The van der Waals surface area contributed by atoms with Crippen LogP contribution in [0.1, 0.15) is 15.9 Å². The topological polar surface area (TPSA) is 76.4 Å². The smallest absolute Gasteiger partial charge is 0.251 e. The molecule has 0 aliphatic rings. The summed E-state index contributed by atoms with van der Waals surface area (Å²) in [5.74, 6) is 5.20. The van der Waals surface area contributed by atoms with Crippen LogP contribution in [0.5, 0.6) is 0 Å². The molecule has 0 unspecified atom stereocenters. The van der Waals surface area contributed by atoms with Crippen molar-refractivity contribution in [1.29, 1.82) is 0 Å². The number of anilines is 1. The highest BCUT2D eigenvalue weighted by atomic mass is 16.5. The van der Waals surface area contributed by atoms with Crippen molar-refractivity contribution in [2.45, 2.75) is 6.92 Å². The van der Waals surface area contributed by atoms with Crippen LogP contribution in [0.15, 0.2) is 18.2 Å². The van der Waals surface area contributed by atoms with E-state index in [-0.39, 0.29) is 5.91 Å². The number of carbonyl (C=O) groups excluding carboxylic acids is 1. The largest absolute Gasteiger partial charge is 0.383 e. The van der Waals surface area contributed by atoms with E-state index in [1.807, 2.05) is 6.92 Å². The number of aryl methyl sites for hydroxylation is 1. The molecule has 1 aromatic rings. The second-order valence-electron chi connectivity index (χ2n) is 3.42. The molecule has 0 bridgehead atoms. The van der Waals surface area contributed by atoms with Crippen molar-refractivity contribution in [2.24, 2.45) is 5.84 Å². The second-order valence-corrected chi connectivity index (χ2v) is 3.42. The Morgan fingerprint density at radius 2 is 2.25 bits per heavy atom. The van der Waals surface area contributed by atoms with E-state index >= 15 is 0 Å². The second kappa shape index (κ2) is 6.09. The van der Waals surface area contributed by atoms with Crippen molar-refractivity contribution in [1.82, 2.24) is 5.32 Å². The van der Waals surface area contributed by atoms with E-state index in [9.17, 15) is 4.79 Å². The fourth-order valence-corrected chi connectivity index (χ4v) is 1.34. The molecule has 0 saturated heterocycles. The SMILES string of the molecule is COCCNC(=O)c1ccc(NN)c(C)c1. The van der Waals surface area contributed by atoms with Gasteiger partial charge >= 0.3 is 0 Å². The number of nitrogen functional groups attached to an aromatic ring is 1. The molecule has 0 aromatic heterocycles. The molecule has 0 fully saturated rings. The first-order chi connectivity index (χ1) is 7.69. The number of carbonyl (C=O) groups is 1. The average molecular weight is 223 g/mol. The summed E-state index contributed by atoms with van der Waals surface area (Å²) in [7, 11) is 1.60. The molecule has 5 heteroatoms. The van der Waals surface area contributed by atoms with Crippen LogP contribution < -0.4 is 16.6 Å². The third kappa shape index (κ3) is 3.22. The fraction of sp³-hybridized carbons (Fsp3) is 0.364. The van der Waals surface area contributed by atoms with E-state index in [0.29, 0.717) is 18.7 Å². The van der Waals surface area contributed by atoms with Gasteiger partial charge in [0.05, 0.1) is 12.3 Å². The van der Waals surface area contributed by atoms with Crippen LogP contribution >= 0.6 is 0 Å². The minimum absolute atomic E-state index is 0.108. The standard InChI is InChI=1S/C11H17N3O2/c1-8-7-9(3-4-10(8)14-12)11(15)13-5-6-16-2/h3-4,7,14H,5-6,12H2,1-2H3,(H,13,15). The van der Waals surface area contributed by atoms with Crippen molar-refractivity contribution in [3.63, 3.8) is 0 Å². The lowest BCUT2D eigenvalue weighted by molar-refractivity contribution is 0.0937. The van der Waals surface area contributed by atoms with E-state index in [1.54, 1.807) is 25.3 Å². The average Bonchev–Trinajstić information content (AvgIpc) is 2.29. The normalized spacial score (nSPS) is 9.94. The Balaban J connectivity index is 2.66. The van der Waals surface area contributed by atoms with Gasteiger partial charge in [-0.05, 0) is 30.7 Å². The van der Waals surface area contributed by atoms with Crippen molar-refractivity contribution >= 4 is 11.6 Å². The number of ether oxygens (including phenoxy) is 1. The monoisotopic (exact) mass is 223 g/mol. The molecule has 4 N–H and O–H groups in total. The molecular formula is C11H17N3O2. The molecule has 0 aliphatic heterocycles. The third-order valence-electron chi connectivity index (χ3n) is 2.24. The maximum absolute atomic E-state index is 11.7. The van der Waals surface area contributed by atoms with Gasteiger partial charge in [0, 0.05) is 19.2 Å². The van der Waals surface area contributed by atoms with Crippen LogP contribution in [0.3, 0.4) is 0 Å². The van der Waals surface area contributed by atoms with Gasteiger partial charge in [-0.1, -0.05) is 0 Å². The van der Waals surface area contributed by atoms with Crippen LogP contribution in [0.2, 0.25) is 0 Å². The van der Waals surface area contributed by atoms with Gasteiger partial charge in [0.2, 0.25) is 0 Å². The lowest BCUT2D eigenvalue weighted by Crippen LogP contribution is -2.27. The summed E-state index contributed by atoms with van der Waals surface area (Å²) in [4.78, 5) is 11.7. The molecule has 0 aliphatic carbocycles. The van der Waals surface area contributed by atoms with Crippen LogP contribution in [-0.4, -0.2) is 26.2 Å². The predicted molar refractivity (Wildman–Crippen MR) is 63.2 cm³/mol. The quantitative estimate of drug-likeness (QED) is 0.389. The number of hydrazine groups is 1. The van der Waals surface area contributed by atoms with Gasteiger partial charge in [-0.3, -0.25) is 10.6 Å². The highest BCUT2D eigenvalue weighted by molar-refractivity contribution is 5.94. The van der Waals surface area contributed by atoms with Crippen molar-refractivity contribution in [2.75, 3.05) is 25.7 Å². The van der Waals surface area contributed by atoms with Gasteiger partial charge in [0.25, 0.3) is 5.91 Å². The Labute approximate surface area is 94.9 Å². The molecule has 1 aromatic carbocycles. The summed E-state index contributed by atoms with van der Waals surface area (Å²) in [5, 5.41) is 2.75. The summed E-state index contributed by atoms with van der Waals surface area (Å²) >= 11 is 0. The Bertz CT molecular complexity index is 366. The van der Waals surface area contributed by atoms with Gasteiger partial charge < -0.3 is 15.5 Å². The van der Waals surface area contributed by atoms with Gasteiger partial charge in [-0.2, -0.15) is 0 Å². The summed E-state index contributed by atoms with van der Waals surface area (Å²) in [6.07, 6.45) is 0. The van der Waals surface area contributed by atoms with E-state index in [1.165, 1.54) is 0 Å². The van der Waals surface area contributed by atoms with E-state index in [4.69, 9.17) is 10.6 Å². The van der Waals surface area contributed by atoms with E-state index < -0.39 is 0 Å². The molecule has 0 heterocycles. The zero-order chi connectivity index (χ0) is 12.0. The Hall–Kier alpha value is -1.59.